The van der Waals surface area contributed by atoms with Crippen LogP contribution < -0.4 is 0 Å². The van der Waals surface area contributed by atoms with Crippen LogP contribution >= 0.6 is 0 Å². The summed E-state index contributed by atoms with van der Waals surface area (Å²) in [6.45, 7) is 6.96. The molecule has 0 spiro atoms. The fourth-order valence-corrected chi connectivity index (χ4v) is 1.36. The Hall–Kier alpha value is -1.31. The Morgan fingerprint density at radius 3 is 2.17 bits per heavy atom. The Kier molecular flexibility index (Phi) is 19.1. The second kappa shape index (κ2) is 18.1. The van der Waals surface area contributed by atoms with Crippen molar-refractivity contribution in [3.8, 4) is 0 Å². The lowest BCUT2D eigenvalue weighted by Crippen LogP contribution is -1.78. The van der Waals surface area contributed by atoms with Crippen molar-refractivity contribution in [2.45, 2.75) is 58.8 Å². The molecule has 0 aliphatic carbocycles. The summed E-state index contributed by atoms with van der Waals surface area (Å²) < 4.78 is 0. The van der Waals surface area contributed by atoms with Gasteiger partial charge in [-0.1, -0.05) is 76.0 Å². The minimum atomic E-state index is -0.833. The Bertz CT molecular complexity index is 235. The SMILES string of the molecule is C=C/C=C/C=CCCCCCCCC.CC(=O)O. The molecule has 0 rings (SSSR count). The van der Waals surface area contributed by atoms with E-state index >= 15 is 0 Å². The van der Waals surface area contributed by atoms with Crippen molar-refractivity contribution in [3.05, 3.63) is 37.0 Å². The third kappa shape index (κ3) is 29.3. The summed E-state index contributed by atoms with van der Waals surface area (Å²) in [6.07, 6.45) is 19.6. The van der Waals surface area contributed by atoms with Crippen molar-refractivity contribution in [3.63, 3.8) is 0 Å². The van der Waals surface area contributed by atoms with Crippen LogP contribution in [0.4, 0.5) is 0 Å². The summed E-state index contributed by atoms with van der Waals surface area (Å²) in [5.41, 5.74) is 0. The molecule has 0 aromatic rings. The smallest absolute Gasteiger partial charge is 0.300 e. The van der Waals surface area contributed by atoms with Gasteiger partial charge in [-0.15, -0.1) is 0 Å². The van der Waals surface area contributed by atoms with Gasteiger partial charge in [-0.2, -0.15) is 0 Å². The Morgan fingerprint density at radius 1 is 1.06 bits per heavy atom. The molecule has 0 aromatic heterocycles. The molecule has 0 unspecified atom stereocenters. The van der Waals surface area contributed by atoms with Crippen molar-refractivity contribution in [1.82, 2.24) is 0 Å². The molecule has 0 fully saturated rings. The zero-order chi connectivity index (χ0) is 14.1. The van der Waals surface area contributed by atoms with Gasteiger partial charge < -0.3 is 5.11 Å². The number of aliphatic carboxylic acids is 1. The first-order valence-electron chi connectivity index (χ1n) is 6.78. The lowest BCUT2D eigenvalue weighted by Gasteiger charge is -1.97. The van der Waals surface area contributed by atoms with Gasteiger partial charge in [0.05, 0.1) is 0 Å². The highest BCUT2D eigenvalue weighted by Crippen LogP contribution is 2.06. The predicted octanol–water partition coefficient (Wildman–Crippen LogP) is 5.13. The second-order valence-corrected chi connectivity index (χ2v) is 4.12. The third-order valence-electron chi connectivity index (χ3n) is 2.22. The molecule has 0 saturated carbocycles. The Balaban J connectivity index is 0. The molecule has 2 heteroatoms. The number of carboxylic acid groups (broad SMARTS) is 1. The van der Waals surface area contributed by atoms with Crippen LogP contribution in [0.1, 0.15) is 58.8 Å². The summed E-state index contributed by atoms with van der Waals surface area (Å²) in [6, 6.07) is 0. The Morgan fingerprint density at radius 2 is 1.61 bits per heavy atom. The molecule has 18 heavy (non-hydrogen) atoms. The van der Waals surface area contributed by atoms with Crippen molar-refractivity contribution >= 4 is 5.97 Å². The van der Waals surface area contributed by atoms with Crippen molar-refractivity contribution in [2.24, 2.45) is 0 Å². The second-order valence-electron chi connectivity index (χ2n) is 4.12. The van der Waals surface area contributed by atoms with E-state index in [-0.39, 0.29) is 0 Å². The number of rotatable bonds is 9. The number of allylic oxidation sites excluding steroid dienone is 5. The monoisotopic (exact) mass is 252 g/mol. The molecule has 0 radical (unpaired) electrons. The van der Waals surface area contributed by atoms with Gasteiger partial charge in [-0.25, -0.2) is 0 Å². The zero-order valence-corrected chi connectivity index (χ0v) is 11.9. The molecule has 1 N–H and O–H groups in total. The van der Waals surface area contributed by atoms with E-state index in [9.17, 15) is 0 Å². The minimum absolute atomic E-state index is 0.833. The van der Waals surface area contributed by atoms with Crippen molar-refractivity contribution in [1.29, 1.82) is 0 Å². The molecule has 104 valence electrons. The largest absolute Gasteiger partial charge is 0.481 e. The summed E-state index contributed by atoms with van der Waals surface area (Å²) in [5.74, 6) is -0.833. The Labute approximate surface area is 112 Å². The van der Waals surface area contributed by atoms with Crippen LogP contribution in [0.15, 0.2) is 37.0 Å². The first-order valence-corrected chi connectivity index (χ1v) is 6.78. The number of hydrogen-bond acceptors (Lipinski definition) is 1. The zero-order valence-electron chi connectivity index (χ0n) is 11.9. The van der Waals surface area contributed by atoms with Gasteiger partial charge in [0.15, 0.2) is 0 Å². The number of hydrogen-bond donors (Lipinski definition) is 1. The average molecular weight is 252 g/mol. The van der Waals surface area contributed by atoms with E-state index in [1.165, 1.54) is 44.9 Å². The fraction of sp³-hybridized carbons (Fsp3) is 0.562. The van der Waals surface area contributed by atoms with Crippen molar-refractivity contribution in [2.75, 3.05) is 0 Å². The molecule has 0 heterocycles. The molecule has 0 saturated heterocycles. The molecule has 0 amide bonds. The summed E-state index contributed by atoms with van der Waals surface area (Å²) >= 11 is 0. The first kappa shape index (κ1) is 19.0. The number of carboxylic acids is 1. The number of carbonyl (C=O) groups is 1. The fourth-order valence-electron chi connectivity index (χ4n) is 1.36. The van der Waals surface area contributed by atoms with E-state index in [2.05, 4.69) is 25.7 Å². The standard InChI is InChI=1S/C14H24.C2H4O2/c1-3-5-7-9-11-13-14-12-10-8-6-4-2;1-2(3)4/h3,5,7,9,11H,1,4,6,8,10,12-14H2,2H3;1H3,(H,3,4)/b7-5+,11-9?;. The molecule has 0 atom stereocenters. The molecule has 0 bridgehead atoms. The predicted molar refractivity (Wildman–Crippen MR) is 79.8 cm³/mol. The lowest BCUT2D eigenvalue weighted by molar-refractivity contribution is -0.134. The van der Waals surface area contributed by atoms with Gasteiger partial charge in [0.1, 0.15) is 0 Å². The molecule has 0 aliphatic heterocycles. The minimum Gasteiger partial charge on any atom is -0.481 e. The van der Waals surface area contributed by atoms with Crippen LogP contribution in [0.3, 0.4) is 0 Å². The van der Waals surface area contributed by atoms with Crippen LogP contribution in [0.5, 0.6) is 0 Å². The summed E-state index contributed by atoms with van der Waals surface area (Å²) in [7, 11) is 0. The molecule has 2 nitrogen and oxygen atoms in total. The van der Waals surface area contributed by atoms with Crippen LogP contribution in [0.25, 0.3) is 0 Å². The normalized spacial score (nSPS) is 10.3. The lowest BCUT2D eigenvalue weighted by atomic mass is 10.1. The van der Waals surface area contributed by atoms with Gasteiger partial charge in [-0.3, -0.25) is 4.79 Å². The van der Waals surface area contributed by atoms with E-state index in [0.717, 1.165) is 6.92 Å². The van der Waals surface area contributed by atoms with E-state index in [1.54, 1.807) is 6.08 Å². The highest BCUT2D eigenvalue weighted by molar-refractivity contribution is 5.62. The quantitative estimate of drug-likeness (QED) is 0.456. The van der Waals surface area contributed by atoms with Crippen LogP contribution in [-0.2, 0) is 4.79 Å². The summed E-state index contributed by atoms with van der Waals surface area (Å²) in [5, 5.41) is 7.42. The third-order valence-corrected chi connectivity index (χ3v) is 2.22. The van der Waals surface area contributed by atoms with Crippen LogP contribution in [0.2, 0.25) is 0 Å². The number of unbranched alkanes of at least 4 members (excludes halogenated alkanes) is 6. The van der Waals surface area contributed by atoms with E-state index in [4.69, 9.17) is 9.90 Å². The molecule has 0 aromatic carbocycles. The molecular weight excluding hydrogens is 224 g/mol. The highest BCUT2D eigenvalue weighted by Gasteiger charge is 1.87. The molecular formula is C16H28O2. The first-order chi connectivity index (χ1) is 8.65. The van der Waals surface area contributed by atoms with Crippen molar-refractivity contribution < 1.29 is 9.90 Å². The van der Waals surface area contributed by atoms with Gasteiger partial charge in [0, 0.05) is 6.92 Å². The van der Waals surface area contributed by atoms with Gasteiger partial charge >= 0.3 is 0 Å². The highest BCUT2D eigenvalue weighted by atomic mass is 16.4. The van der Waals surface area contributed by atoms with Gasteiger partial charge in [0.2, 0.25) is 0 Å². The van der Waals surface area contributed by atoms with E-state index in [1.807, 2.05) is 12.2 Å². The maximum Gasteiger partial charge on any atom is 0.300 e. The summed E-state index contributed by atoms with van der Waals surface area (Å²) in [4.78, 5) is 9.00. The topological polar surface area (TPSA) is 37.3 Å². The maximum atomic E-state index is 9.00. The van der Waals surface area contributed by atoms with E-state index < -0.39 is 5.97 Å². The average Bonchev–Trinajstić information content (AvgIpc) is 2.31. The van der Waals surface area contributed by atoms with Crippen LogP contribution in [-0.4, -0.2) is 11.1 Å². The van der Waals surface area contributed by atoms with Gasteiger partial charge in [0.25, 0.3) is 5.97 Å². The van der Waals surface area contributed by atoms with E-state index in [0.29, 0.717) is 0 Å². The van der Waals surface area contributed by atoms with Crippen LogP contribution in [0, 0.1) is 0 Å². The van der Waals surface area contributed by atoms with Gasteiger partial charge in [-0.05, 0) is 12.8 Å². The molecule has 0 aliphatic rings. The maximum absolute atomic E-state index is 9.00.